The molecular weight excluding hydrogens is 270 g/mol. The predicted octanol–water partition coefficient (Wildman–Crippen LogP) is 3.67. The maximum Gasteiger partial charge on any atom is 0.433 e. The van der Waals surface area contributed by atoms with Gasteiger partial charge in [0.05, 0.1) is 11.8 Å². The molecular formula is C15H15N3O3. The van der Waals surface area contributed by atoms with Crippen LogP contribution < -0.4 is 4.90 Å². The minimum atomic E-state index is -0.572. The number of hydrogen-bond acceptors (Lipinski definition) is 5. The Labute approximate surface area is 122 Å². The molecule has 0 bridgehead atoms. The van der Waals surface area contributed by atoms with Crippen molar-refractivity contribution >= 4 is 29.5 Å². The summed E-state index contributed by atoms with van der Waals surface area (Å²) in [5.41, 5.74) is 1.93. The van der Waals surface area contributed by atoms with Crippen LogP contribution in [0.4, 0.5) is 17.3 Å². The van der Waals surface area contributed by atoms with Crippen molar-refractivity contribution in [3.63, 3.8) is 0 Å². The lowest BCUT2D eigenvalue weighted by atomic mass is 10.3. The lowest BCUT2D eigenvalue weighted by Gasteiger charge is -2.11. The van der Waals surface area contributed by atoms with Gasteiger partial charge in [-0.15, -0.1) is 0 Å². The SMILES string of the molecule is CN(C)c1ccc(N=C/C=C/c2ccc([N+](=O)[O-])o2)cc1. The van der Waals surface area contributed by atoms with Crippen molar-refractivity contribution in [2.75, 3.05) is 19.0 Å². The van der Waals surface area contributed by atoms with Gasteiger partial charge in [0.2, 0.25) is 0 Å². The van der Waals surface area contributed by atoms with E-state index >= 15 is 0 Å². The van der Waals surface area contributed by atoms with Crippen LogP contribution in [0.5, 0.6) is 0 Å². The molecule has 2 aromatic rings. The largest absolute Gasteiger partial charge is 0.433 e. The highest BCUT2D eigenvalue weighted by molar-refractivity contribution is 5.80. The summed E-state index contributed by atoms with van der Waals surface area (Å²) in [7, 11) is 3.95. The highest BCUT2D eigenvalue weighted by Gasteiger charge is 2.09. The van der Waals surface area contributed by atoms with Crippen LogP contribution in [0.2, 0.25) is 0 Å². The quantitative estimate of drug-likeness (QED) is 0.477. The van der Waals surface area contributed by atoms with Crippen molar-refractivity contribution in [1.29, 1.82) is 0 Å². The van der Waals surface area contributed by atoms with Gasteiger partial charge >= 0.3 is 5.88 Å². The summed E-state index contributed by atoms with van der Waals surface area (Å²) >= 11 is 0. The summed E-state index contributed by atoms with van der Waals surface area (Å²) in [5, 5.41) is 10.5. The summed E-state index contributed by atoms with van der Waals surface area (Å²) in [6.45, 7) is 0. The fourth-order valence-electron chi connectivity index (χ4n) is 1.63. The second-order valence-electron chi connectivity index (χ2n) is 4.48. The van der Waals surface area contributed by atoms with Crippen LogP contribution in [0, 0.1) is 10.1 Å². The highest BCUT2D eigenvalue weighted by Crippen LogP contribution is 2.18. The van der Waals surface area contributed by atoms with Crippen molar-refractivity contribution in [3.8, 4) is 0 Å². The van der Waals surface area contributed by atoms with Crippen LogP contribution in [0.3, 0.4) is 0 Å². The number of anilines is 1. The van der Waals surface area contributed by atoms with E-state index in [1.807, 2.05) is 43.3 Å². The van der Waals surface area contributed by atoms with Gasteiger partial charge in [-0.1, -0.05) is 0 Å². The Bertz CT molecular complexity index is 670. The number of rotatable bonds is 5. The van der Waals surface area contributed by atoms with E-state index in [1.54, 1.807) is 18.4 Å². The Hall–Kier alpha value is -2.89. The maximum atomic E-state index is 10.5. The smallest absolute Gasteiger partial charge is 0.401 e. The summed E-state index contributed by atoms with van der Waals surface area (Å²) in [4.78, 5) is 16.2. The number of nitro groups is 1. The molecule has 2 rings (SSSR count). The monoisotopic (exact) mass is 285 g/mol. The van der Waals surface area contributed by atoms with Crippen LogP contribution in [0.1, 0.15) is 5.76 Å². The van der Waals surface area contributed by atoms with Crippen LogP contribution in [0.15, 0.2) is 51.9 Å². The lowest BCUT2D eigenvalue weighted by Crippen LogP contribution is -2.07. The van der Waals surface area contributed by atoms with E-state index in [1.165, 1.54) is 12.1 Å². The van der Waals surface area contributed by atoms with Gasteiger partial charge in [0, 0.05) is 26.0 Å². The second-order valence-corrected chi connectivity index (χ2v) is 4.48. The van der Waals surface area contributed by atoms with Gasteiger partial charge in [-0.3, -0.25) is 15.1 Å². The summed E-state index contributed by atoms with van der Waals surface area (Å²) < 4.78 is 4.99. The average Bonchev–Trinajstić information content (AvgIpc) is 2.93. The van der Waals surface area contributed by atoms with Crippen LogP contribution in [-0.4, -0.2) is 25.2 Å². The number of nitrogens with zero attached hydrogens (tertiary/aromatic N) is 3. The first-order chi connectivity index (χ1) is 10.1. The van der Waals surface area contributed by atoms with Gasteiger partial charge in [0.25, 0.3) is 0 Å². The third-order valence-corrected chi connectivity index (χ3v) is 2.73. The minimum absolute atomic E-state index is 0.272. The Morgan fingerprint density at radius 1 is 1.19 bits per heavy atom. The summed E-state index contributed by atoms with van der Waals surface area (Å²) in [5.74, 6) is 0.141. The fraction of sp³-hybridized carbons (Fsp3) is 0.133. The molecule has 0 aliphatic heterocycles. The molecule has 1 heterocycles. The molecule has 0 amide bonds. The zero-order valence-corrected chi connectivity index (χ0v) is 11.8. The predicted molar refractivity (Wildman–Crippen MR) is 83.3 cm³/mol. The molecule has 0 saturated carbocycles. The van der Waals surface area contributed by atoms with E-state index in [2.05, 4.69) is 4.99 Å². The molecule has 6 heteroatoms. The normalized spacial score (nSPS) is 11.3. The van der Waals surface area contributed by atoms with Gasteiger partial charge in [0.1, 0.15) is 10.7 Å². The first-order valence-electron chi connectivity index (χ1n) is 6.28. The van der Waals surface area contributed by atoms with Crippen LogP contribution in [-0.2, 0) is 0 Å². The van der Waals surface area contributed by atoms with Crippen molar-refractivity contribution < 1.29 is 9.34 Å². The van der Waals surface area contributed by atoms with Crippen molar-refractivity contribution in [3.05, 3.63) is 58.3 Å². The van der Waals surface area contributed by atoms with E-state index in [9.17, 15) is 10.1 Å². The molecule has 0 N–H and O–H groups in total. The van der Waals surface area contributed by atoms with Crippen molar-refractivity contribution in [1.82, 2.24) is 0 Å². The first-order valence-corrected chi connectivity index (χ1v) is 6.28. The molecule has 0 atom stereocenters. The van der Waals surface area contributed by atoms with E-state index in [0.717, 1.165) is 11.4 Å². The zero-order valence-electron chi connectivity index (χ0n) is 11.8. The molecule has 0 radical (unpaired) electrons. The van der Waals surface area contributed by atoms with Gasteiger partial charge in [-0.25, -0.2) is 0 Å². The minimum Gasteiger partial charge on any atom is -0.401 e. The van der Waals surface area contributed by atoms with E-state index in [-0.39, 0.29) is 5.88 Å². The molecule has 108 valence electrons. The molecule has 1 aromatic heterocycles. The topological polar surface area (TPSA) is 71.9 Å². The zero-order chi connectivity index (χ0) is 15.2. The highest BCUT2D eigenvalue weighted by atomic mass is 16.6. The number of benzene rings is 1. The van der Waals surface area contributed by atoms with E-state index in [4.69, 9.17) is 4.42 Å². The second kappa shape index (κ2) is 6.51. The Kier molecular flexibility index (Phi) is 4.50. The fourth-order valence-corrected chi connectivity index (χ4v) is 1.63. The summed E-state index contributed by atoms with van der Waals surface area (Å²) in [6, 6.07) is 10.6. The molecule has 0 spiro atoms. The molecule has 0 unspecified atom stereocenters. The van der Waals surface area contributed by atoms with Crippen LogP contribution >= 0.6 is 0 Å². The van der Waals surface area contributed by atoms with Crippen molar-refractivity contribution in [2.45, 2.75) is 0 Å². The molecule has 21 heavy (non-hydrogen) atoms. The number of furan rings is 1. The lowest BCUT2D eigenvalue weighted by molar-refractivity contribution is -0.402. The Morgan fingerprint density at radius 3 is 2.48 bits per heavy atom. The maximum absolute atomic E-state index is 10.5. The van der Waals surface area contributed by atoms with E-state index < -0.39 is 4.92 Å². The Morgan fingerprint density at radius 2 is 1.90 bits per heavy atom. The third-order valence-electron chi connectivity index (χ3n) is 2.73. The average molecular weight is 285 g/mol. The van der Waals surface area contributed by atoms with Gasteiger partial charge in [-0.2, -0.15) is 0 Å². The molecule has 0 saturated heterocycles. The molecule has 1 aromatic carbocycles. The molecule has 0 aliphatic carbocycles. The summed E-state index contributed by atoms with van der Waals surface area (Å²) in [6.07, 6.45) is 4.89. The third kappa shape index (κ3) is 4.04. The van der Waals surface area contributed by atoms with Gasteiger partial charge in [-0.05, 0) is 42.5 Å². The standard InChI is InChI=1S/C15H15N3O3/c1-17(2)13-7-5-12(6-8-13)16-11-3-4-14-9-10-15(21-14)18(19)20/h3-11H,1-2H3/b4-3+,16-11?. The van der Waals surface area contributed by atoms with E-state index in [0.29, 0.717) is 5.76 Å². The number of hydrogen-bond donors (Lipinski definition) is 0. The molecule has 0 aliphatic rings. The Balaban J connectivity index is 1.97. The van der Waals surface area contributed by atoms with Gasteiger partial charge < -0.3 is 9.32 Å². The number of allylic oxidation sites excluding steroid dienone is 1. The van der Waals surface area contributed by atoms with Crippen molar-refractivity contribution in [2.24, 2.45) is 4.99 Å². The molecule has 0 fully saturated rings. The molecule has 6 nitrogen and oxygen atoms in total. The van der Waals surface area contributed by atoms with Crippen LogP contribution in [0.25, 0.3) is 6.08 Å². The number of aliphatic imine (C=N–C) groups is 1. The van der Waals surface area contributed by atoms with Gasteiger partial charge in [0.15, 0.2) is 0 Å². The first kappa shape index (κ1) is 14.5.